The number of nitrogens with zero attached hydrogens (tertiary/aromatic N) is 1. The molecule has 0 saturated carbocycles. The third-order valence-corrected chi connectivity index (χ3v) is 4.99. The number of methoxy groups -OCH3 is 1. The first kappa shape index (κ1) is 19.9. The van der Waals surface area contributed by atoms with Gasteiger partial charge in [-0.05, 0) is 24.3 Å². The highest BCUT2D eigenvalue weighted by atomic mass is 32.2. The number of rotatable bonds is 6. The van der Waals surface area contributed by atoms with Crippen molar-refractivity contribution >= 4 is 28.5 Å². The first-order valence-electron chi connectivity index (χ1n) is 7.78. The van der Waals surface area contributed by atoms with E-state index in [9.17, 15) is 13.8 Å². The van der Waals surface area contributed by atoms with Gasteiger partial charge < -0.3 is 9.47 Å². The average molecular weight is 380 g/mol. The van der Waals surface area contributed by atoms with Crippen molar-refractivity contribution in [2.75, 3.05) is 31.4 Å². The zero-order valence-electron chi connectivity index (χ0n) is 14.4. The maximum Gasteiger partial charge on any atom is 0.414 e. The Morgan fingerprint density at radius 1 is 1.50 bits per heavy atom. The van der Waals surface area contributed by atoms with Crippen LogP contribution in [0.15, 0.2) is 24.3 Å². The van der Waals surface area contributed by atoms with Gasteiger partial charge in [0.05, 0.1) is 6.54 Å². The first-order valence-corrected chi connectivity index (χ1v) is 9.40. The highest BCUT2D eigenvalue weighted by Crippen LogP contribution is 2.24. The first-order chi connectivity index (χ1) is 12.5. The minimum absolute atomic E-state index is 0.0539. The van der Waals surface area contributed by atoms with Crippen LogP contribution < -0.4 is 10.4 Å². The van der Waals surface area contributed by atoms with Gasteiger partial charge in [0.2, 0.25) is 0 Å². The Kier molecular flexibility index (Phi) is 7.15. The number of ether oxygens (including phenoxy) is 2. The minimum Gasteiger partial charge on any atom is -0.444 e. The van der Waals surface area contributed by atoms with Gasteiger partial charge in [-0.2, -0.15) is 0 Å². The van der Waals surface area contributed by atoms with Crippen LogP contribution >= 0.6 is 0 Å². The lowest BCUT2D eigenvalue weighted by Gasteiger charge is -2.16. The number of benzene rings is 1. The standard InChI is InChI=1S/C17H20N2O6S/c1-24-9-3-4-12-5-7-13(8-6-12)19-11-14(25-17(19)21)10-15(26(2)23)16(20)18-22/h5-8,14-15,22H,9-11H2,1-2H3,(H,18,20). The molecule has 140 valence electrons. The second kappa shape index (κ2) is 9.33. The summed E-state index contributed by atoms with van der Waals surface area (Å²) in [5.74, 6) is 5.00. The lowest BCUT2D eigenvalue weighted by Crippen LogP contribution is -2.38. The molecule has 1 fully saturated rings. The zero-order valence-corrected chi connectivity index (χ0v) is 15.2. The van der Waals surface area contributed by atoms with Crippen LogP contribution in [-0.2, 0) is 25.1 Å². The molecule has 1 aromatic carbocycles. The molecular weight excluding hydrogens is 360 g/mol. The lowest BCUT2D eigenvalue weighted by atomic mass is 10.1. The van der Waals surface area contributed by atoms with Crippen LogP contribution in [0.25, 0.3) is 0 Å². The van der Waals surface area contributed by atoms with E-state index >= 15 is 0 Å². The molecule has 26 heavy (non-hydrogen) atoms. The van der Waals surface area contributed by atoms with E-state index in [2.05, 4.69) is 11.8 Å². The van der Waals surface area contributed by atoms with E-state index in [0.717, 1.165) is 5.56 Å². The van der Waals surface area contributed by atoms with Gasteiger partial charge in [0, 0.05) is 41.8 Å². The Bertz CT molecular complexity index is 740. The third-order valence-electron chi connectivity index (χ3n) is 3.78. The lowest BCUT2D eigenvalue weighted by molar-refractivity contribution is -0.129. The molecule has 0 spiro atoms. The van der Waals surface area contributed by atoms with Gasteiger partial charge in [0.25, 0.3) is 5.91 Å². The summed E-state index contributed by atoms with van der Waals surface area (Å²) in [6, 6.07) is 7.05. The van der Waals surface area contributed by atoms with Crippen LogP contribution in [0.1, 0.15) is 12.0 Å². The summed E-state index contributed by atoms with van der Waals surface area (Å²) in [5.41, 5.74) is 2.92. The molecular formula is C17H20N2O6S. The molecule has 0 bridgehead atoms. The molecule has 2 N–H and O–H groups in total. The van der Waals surface area contributed by atoms with E-state index in [1.807, 2.05) is 0 Å². The van der Waals surface area contributed by atoms with Crippen LogP contribution in [0, 0.1) is 11.8 Å². The minimum atomic E-state index is -1.51. The quantitative estimate of drug-likeness (QED) is 0.427. The van der Waals surface area contributed by atoms with Crippen molar-refractivity contribution in [1.82, 2.24) is 5.48 Å². The van der Waals surface area contributed by atoms with Crippen molar-refractivity contribution < 1.29 is 28.5 Å². The number of hydroxylamine groups is 1. The molecule has 3 atom stereocenters. The number of amides is 2. The van der Waals surface area contributed by atoms with Gasteiger partial charge in [-0.3, -0.25) is 19.1 Å². The molecule has 0 radical (unpaired) electrons. The van der Waals surface area contributed by atoms with Crippen LogP contribution in [0.5, 0.6) is 0 Å². The van der Waals surface area contributed by atoms with Crippen molar-refractivity contribution in [2.24, 2.45) is 0 Å². The number of carbonyl (C=O) groups excluding carboxylic acids is 2. The van der Waals surface area contributed by atoms with Crippen LogP contribution in [0.2, 0.25) is 0 Å². The Balaban J connectivity index is 2.04. The van der Waals surface area contributed by atoms with Gasteiger partial charge in [0.1, 0.15) is 18.0 Å². The molecule has 8 nitrogen and oxygen atoms in total. The molecule has 1 saturated heterocycles. The fourth-order valence-corrected chi connectivity index (χ4v) is 3.33. The average Bonchev–Trinajstić information content (AvgIpc) is 3.00. The second-order valence-corrected chi connectivity index (χ2v) is 7.16. The molecule has 9 heteroatoms. The second-order valence-electron chi connectivity index (χ2n) is 5.60. The van der Waals surface area contributed by atoms with Gasteiger partial charge in [0.15, 0.2) is 0 Å². The number of hydrogen-bond acceptors (Lipinski definition) is 6. The van der Waals surface area contributed by atoms with Crippen LogP contribution in [-0.4, -0.2) is 59.3 Å². The Labute approximate surface area is 153 Å². The summed E-state index contributed by atoms with van der Waals surface area (Å²) >= 11 is 0. The normalized spacial score (nSPS) is 18.5. The summed E-state index contributed by atoms with van der Waals surface area (Å²) in [6.45, 7) is 0.559. The van der Waals surface area contributed by atoms with Crippen LogP contribution in [0.3, 0.4) is 0 Å². The fourth-order valence-electron chi connectivity index (χ4n) is 2.49. The summed E-state index contributed by atoms with van der Waals surface area (Å²) in [6.07, 6.45) is 0.268. The predicted molar refractivity (Wildman–Crippen MR) is 95.2 cm³/mol. The monoisotopic (exact) mass is 380 g/mol. The largest absolute Gasteiger partial charge is 0.444 e. The molecule has 0 aromatic heterocycles. The molecule has 1 heterocycles. The Morgan fingerprint density at radius 3 is 2.77 bits per heavy atom. The molecule has 1 aliphatic rings. The van der Waals surface area contributed by atoms with Crippen molar-refractivity contribution in [2.45, 2.75) is 17.8 Å². The predicted octanol–water partition coefficient (Wildman–Crippen LogP) is 0.652. The van der Waals surface area contributed by atoms with E-state index in [0.29, 0.717) is 12.3 Å². The molecule has 3 unspecified atom stereocenters. The number of hydrogen-bond donors (Lipinski definition) is 2. The van der Waals surface area contributed by atoms with Gasteiger partial charge in [-0.25, -0.2) is 10.3 Å². The maximum atomic E-state index is 12.1. The van der Waals surface area contributed by atoms with Crippen LogP contribution in [0.4, 0.5) is 10.5 Å². The van der Waals surface area contributed by atoms with E-state index in [-0.39, 0.29) is 13.0 Å². The number of cyclic esters (lactones) is 1. The Hall–Kier alpha value is -2.41. The van der Waals surface area contributed by atoms with E-state index < -0.39 is 34.2 Å². The summed E-state index contributed by atoms with van der Waals surface area (Å²) in [4.78, 5) is 25.1. The smallest absolute Gasteiger partial charge is 0.414 e. The van der Waals surface area contributed by atoms with Gasteiger partial charge in [-0.1, -0.05) is 11.8 Å². The van der Waals surface area contributed by atoms with Crippen molar-refractivity contribution in [3.8, 4) is 11.8 Å². The SMILES string of the molecule is COCC#Cc1ccc(N2CC(CC(C(=O)NO)S(C)=O)OC2=O)cc1. The Morgan fingerprint density at radius 2 is 2.19 bits per heavy atom. The fraction of sp³-hybridized carbons (Fsp3) is 0.412. The number of anilines is 1. The third kappa shape index (κ3) is 5.05. The van der Waals surface area contributed by atoms with Crippen molar-refractivity contribution in [3.05, 3.63) is 29.8 Å². The zero-order chi connectivity index (χ0) is 19.1. The van der Waals surface area contributed by atoms with Crippen molar-refractivity contribution in [1.29, 1.82) is 0 Å². The maximum absolute atomic E-state index is 12.1. The molecule has 0 aliphatic carbocycles. The summed E-state index contributed by atoms with van der Waals surface area (Å²) in [7, 11) is 0.0545. The summed E-state index contributed by atoms with van der Waals surface area (Å²) in [5, 5.41) is 7.78. The highest BCUT2D eigenvalue weighted by molar-refractivity contribution is 7.85. The number of carbonyl (C=O) groups is 2. The van der Waals surface area contributed by atoms with Crippen molar-refractivity contribution in [3.63, 3.8) is 0 Å². The topological polar surface area (TPSA) is 105 Å². The van der Waals surface area contributed by atoms with Gasteiger partial charge >= 0.3 is 6.09 Å². The van der Waals surface area contributed by atoms with E-state index in [4.69, 9.17) is 14.7 Å². The molecule has 1 aliphatic heterocycles. The molecule has 2 rings (SSSR count). The number of nitrogens with one attached hydrogen (secondary N) is 1. The van der Waals surface area contributed by atoms with E-state index in [1.54, 1.807) is 31.4 Å². The summed E-state index contributed by atoms with van der Waals surface area (Å²) < 4.78 is 21.8. The van der Waals surface area contributed by atoms with E-state index in [1.165, 1.54) is 16.6 Å². The van der Waals surface area contributed by atoms with Gasteiger partial charge in [-0.15, -0.1) is 0 Å². The molecule has 1 aromatic rings. The molecule has 2 amide bonds. The highest BCUT2D eigenvalue weighted by Gasteiger charge is 2.36.